The molecule has 9 atom stereocenters. The molecule has 0 radical (unpaired) electrons. The molecule has 288 valence electrons. The second-order valence-electron chi connectivity index (χ2n) is 15.0. The zero-order valence-corrected chi connectivity index (χ0v) is 31.5. The van der Waals surface area contributed by atoms with Crippen LogP contribution in [0.4, 0.5) is 5.69 Å². The van der Waals surface area contributed by atoms with Crippen molar-refractivity contribution in [1.29, 1.82) is 0 Å². The minimum atomic E-state index is -1.91. The summed E-state index contributed by atoms with van der Waals surface area (Å²) in [5.74, 6) is -6.79. The van der Waals surface area contributed by atoms with Crippen molar-refractivity contribution in [1.82, 2.24) is 5.32 Å². The first-order valence-electron chi connectivity index (χ1n) is 17.7. The van der Waals surface area contributed by atoms with Gasteiger partial charge in [0.15, 0.2) is 30.4 Å². The minimum Gasteiger partial charge on any atom is -0.505 e. The van der Waals surface area contributed by atoms with Gasteiger partial charge < -0.3 is 45.3 Å². The van der Waals surface area contributed by atoms with Crippen molar-refractivity contribution in [2.75, 3.05) is 5.73 Å². The average Bonchev–Trinajstić information content (AvgIpc) is 3.04. The summed E-state index contributed by atoms with van der Waals surface area (Å²) in [5, 5.41) is 36.1. The van der Waals surface area contributed by atoms with E-state index >= 15 is 0 Å². The number of phenols is 1. The molecular formula is C37H58N2O12. The van der Waals surface area contributed by atoms with Crippen LogP contribution in [0.15, 0.2) is 18.2 Å². The lowest BCUT2D eigenvalue weighted by atomic mass is 9.80. The number of benzene rings is 1. The van der Waals surface area contributed by atoms with Crippen molar-refractivity contribution in [2.24, 2.45) is 29.1 Å². The van der Waals surface area contributed by atoms with Gasteiger partial charge in [0.25, 0.3) is 5.91 Å². The van der Waals surface area contributed by atoms with Crippen molar-refractivity contribution in [3.63, 3.8) is 0 Å². The third-order valence-electron chi connectivity index (χ3n) is 9.30. The Morgan fingerprint density at radius 1 is 0.941 bits per heavy atom. The lowest BCUT2D eigenvalue weighted by Crippen LogP contribution is -2.56. The molecular weight excluding hydrogens is 664 g/mol. The van der Waals surface area contributed by atoms with Gasteiger partial charge in [-0.05, 0) is 70.9 Å². The SMILES string of the molecule is CC[C@H](C)[C@H]1OC(=O)C(C)OC(O)C(CC(=O)c2cccc(N)c2O)[C@@H](C)OC(=O)C(CC(C)C)OC(=O)C(C)(C)C(O)[C@@H](CC(C)C)NC1=O. The monoisotopic (exact) mass is 722 g/mol. The number of carbonyl (C=O) groups excluding carboxylic acids is 5. The summed E-state index contributed by atoms with van der Waals surface area (Å²) in [6.07, 6.45) is -8.75. The summed E-state index contributed by atoms with van der Waals surface area (Å²) in [7, 11) is 0. The fourth-order valence-electron chi connectivity index (χ4n) is 5.75. The Balaban J connectivity index is 2.66. The maximum absolute atomic E-state index is 13.7. The van der Waals surface area contributed by atoms with Gasteiger partial charge in [0, 0.05) is 12.3 Å². The number of amides is 1. The second kappa shape index (κ2) is 18.7. The van der Waals surface area contributed by atoms with Crippen molar-refractivity contribution in [3.05, 3.63) is 23.8 Å². The molecule has 51 heavy (non-hydrogen) atoms. The van der Waals surface area contributed by atoms with E-state index in [1.807, 2.05) is 13.8 Å². The molecule has 1 aliphatic rings. The molecule has 14 heteroatoms. The van der Waals surface area contributed by atoms with Gasteiger partial charge in [-0.3, -0.25) is 14.4 Å². The first-order chi connectivity index (χ1) is 23.6. The molecule has 1 saturated heterocycles. The Morgan fingerprint density at radius 3 is 2.12 bits per heavy atom. The second-order valence-corrected chi connectivity index (χ2v) is 15.0. The van der Waals surface area contributed by atoms with Crippen molar-refractivity contribution in [2.45, 2.75) is 138 Å². The number of aliphatic hydroxyl groups is 2. The van der Waals surface area contributed by atoms with Crippen LogP contribution in [0.5, 0.6) is 5.75 Å². The number of para-hydroxylation sites is 1. The van der Waals surface area contributed by atoms with Crippen LogP contribution in [0.25, 0.3) is 0 Å². The number of anilines is 1. The molecule has 1 aliphatic heterocycles. The number of aliphatic hydroxyl groups excluding tert-OH is 2. The van der Waals surface area contributed by atoms with Crippen LogP contribution < -0.4 is 11.1 Å². The summed E-state index contributed by atoms with van der Waals surface area (Å²) in [6, 6.07) is 3.21. The highest BCUT2D eigenvalue weighted by atomic mass is 16.6. The number of carbonyl (C=O) groups is 5. The number of ether oxygens (including phenoxy) is 4. The largest absolute Gasteiger partial charge is 0.505 e. The number of phenolic OH excluding ortho intramolecular Hbond substituents is 1. The number of hydrogen-bond donors (Lipinski definition) is 5. The van der Waals surface area contributed by atoms with E-state index in [9.17, 15) is 39.3 Å². The summed E-state index contributed by atoms with van der Waals surface area (Å²) < 4.78 is 22.7. The molecule has 14 nitrogen and oxygen atoms in total. The molecule has 1 heterocycles. The number of cyclic esters (lactones) is 3. The Kier molecular flexibility index (Phi) is 15.9. The Bertz CT molecular complexity index is 1380. The van der Waals surface area contributed by atoms with Crippen LogP contribution in [0.1, 0.15) is 105 Å². The van der Waals surface area contributed by atoms with E-state index in [1.54, 1.807) is 27.7 Å². The molecule has 2 rings (SSSR count). The van der Waals surface area contributed by atoms with Gasteiger partial charge in [0.2, 0.25) is 0 Å². The van der Waals surface area contributed by atoms with Crippen LogP contribution in [-0.2, 0) is 38.1 Å². The lowest BCUT2D eigenvalue weighted by molar-refractivity contribution is -0.209. The predicted molar refractivity (Wildman–Crippen MR) is 187 cm³/mol. The maximum Gasteiger partial charge on any atom is 0.347 e. The number of nitrogen functional groups attached to an aromatic ring is 1. The van der Waals surface area contributed by atoms with Gasteiger partial charge in [-0.1, -0.05) is 47.6 Å². The van der Waals surface area contributed by atoms with Crippen molar-refractivity contribution < 1.29 is 58.2 Å². The van der Waals surface area contributed by atoms with E-state index in [2.05, 4.69) is 5.32 Å². The molecule has 0 aliphatic carbocycles. The summed E-state index contributed by atoms with van der Waals surface area (Å²) in [6.45, 7) is 16.4. The zero-order chi connectivity index (χ0) is 39.0. The number of esters is 3. The van der Waals surface area contributed by atoms with Gasteiger partial charge in [-0.25, -0.2) is 9.59 Å². The first-order valence-corrected chi connectivity index (χ1v) is 17.7. The Hall–Kier alpha value is -3.75. The molecule has 1 aromatic carbocycles. The van der Waals surface area contributed by atoms with Crippen molar-refractivity contribution in [3.8, 4) is 5.75 Å². The van der Waals surface area contributed by atoms with Crippen LogP contribution in [0.2, 0.25) is 0 Å². The summed E-state index contributed by atoms with van der Waals surface area (Å²) in [5.41, 5.74) is 3.92. The quantitative estimate of drug-likeness (QED) is 0.0809. The predicted octanol–water partition coefficient (Wildman–Crippen LogP) is 3.67. The van der Waals surface area contributed by atoms with Crippen LogP contribution in [-0.4, -0.2) is 87.8 Å². The van der Waals surface area contributed by atoms with Gasteiger partial charge in [-0.2, -0.15) is 0 Å². The van der Waals surface area contributed by atoms with Crippen molar-refractivity contribution >= 4 is 35.3 Å². The highest BCUT2D eigenvalue weighted by molar-refractivity contribution is 6.00. The first kappa shape index (κ1) is 43.4. The van der Waals surface area contributed by atoms with Gasteiger partial charge in [-0.15, -0.1) is 0 Å². The molecule has 1 amide bonds. The van der Waals surface area contributed by atoms with Gasteiger partial charge >= 0.3 is 17.9 Å². The van der Waals surface area contributed by atoms with E-state index in [0.717, 1.165) is 0 Å². The number of rotatable bonds is 9. The number of nitrogens with two attached hydrogens (primary N) is 1. The molecule has 0 saturated carbocycles. The standard InChI is InChI=1S/C37H58N2O12/c1-11-20(6)30-32(43)39-26(15-18(2)3)31(42)37(9,10)36(47)50-28(16-19(4)5)35(46)48-21(7)24(34(45)49-22(8)33(44)51-30)17-27(40)23-13-12-14-25(38)29(23)41/h12-14,18-22,24,26,28,30-31,34,41-42,45H,11,15-17,38H2,1-10H3,(H,39,43)/t20-,21+,22?,24?,26+,28?,30+,31?,34?/m0/s1. The highest BCUT2D eigenvalue weighted by Gasteiger charge is 2.46. The van der Waals surface area contributed by atoms with E-state index < -0.39 is 102 Å². The van der Waals surface area contributed by atoms with Crippen LogP contribution in [0.3, 0.4) is 0 Å². The highest BCUT2D eigenvalue weighted by Crippen LogP contribution is 2.32. The number of nitrogens with one attached hydrogen (secondary N) is 1. The molecule has 6 N–H and O–H groups in total. The topological polar surface area (TPSA) is 221 Å². The molecule has 1 fully saturated rings. The molecule has 1 aromatic rings. The molecule has 0 spiro atoms. The van der Waals surface area contributed by atoms with E-state index in [-0.39, 0.29) is 35.9 Å². The smallest absolute Gasteiger partial charge is 0.347 e. The summed E-state index contributed by atoms with van der Waals surface area (Å²) >= 11 is 0. The average molecular weight is 723 g/mol. The zero-order valence-electron chi connectivity index (χ0n) is 31.5. The fraction of sp³-hybridized carbons (Fsp3) is 0.703. The molecule has 5 unspecified atom stereocenters. The van der Waals surface area contributed by atoms with Crippen LogP contribution in [0, 0.1) is 29.1 Å². The van der Waals surface area contributed by atoms with E-state index in [1.165, 1.54) is 45.9 Å². The number of aromatic hydroxyl groups is 1. The fourth-order valence-corrected chi connectivity index (χ4v) is 5.75. The Morgan fingerprint density at radius 2 is 1.55 bits per heavy atom. The Labute approximate surface area is 300 Å². The van der Waals surface area contributed by atoms with Crippen LogP contribution >= 0.6 is 0 Å². The number of hydrogen-bond acceptors (Lipinski definition) is 13. The number of Topliss-reactive ketones (excluding diaryl/α,β-unsaturated/α-hetero) is 1. The lowest BCUT2D eigenvalue weighted by Gasteiger charge is -2.37. The maximum atomic E-state index is 13.7. The third kappa shape index (κ3) is 11.6. The normalized spacial score (nSPS) is 29.3. The number of ketones is 1. The third-order valence-corrected chi connectivity index (χ3v) is 9.30. The van der Waals surface area contributed by atoms with E-state index in [0.29, 0.717) is 6.42 Å². The van der Waals surface area contributed by atoms with Gasteiger partial charge in [0.1, 0.15) is 11.9 Å². The minimum absolute atomic E-state index is 0.0366. The molecule has 0 aromatic heterocycles. The van der Waals surface area contributed by atoms with Gasteiger partial charge in [0.05, 0.1) is 34.7 Å². The van der Waals surface area contributed by atoms with E-state index in [4.69, 9.17) is 24.7 Å². The molecule has 0 bridgehead atoms. The summed E-state index contributed by atoms with van der Waals surface area (Å²) in [4.78, 5) is 67.9.